The van der Waals surface area contributed by atoms with Crippen molar-refractivity contribution in [3.05, 3.63) is 38.8 Å². The lowest BCUT2D eigenvalue weighted by atomic mass is 10.2. The van der Waals surface area contributed by atoms with Crippen LogP contribution in [0.4, 0.5) is 13.6 Å². The first-order valence-electron chi connectivity index (χ1n) is 8.73. The molecule has 0 atom stereocenters. The van der Waals surface area contributed by atoms with Gasteiger partial charge in [0.25, 0.3) is 0 Å². The van der Waals surface area contributed by atoms with Crippen LogP contribution in [0.3, 0.4) is 0 Å². The molecule has 1 aromatic carbocycles. The summed E-state index contributed by atoms with van der Waals surface area (Å²) in [5.41, 5.74) is -0.613. The molecule has 2 aromatic heterocycles. The van der Waals surface area contributed by atoms with Gasteiger partial charge in [0.15, 0.2) is 22.4 Å². The van der Waals surface area contributed by atoms with Gasteiger partial charge in [-0.2, -0.15) is 0 Å². The normalized spacial score (nSPS) is 11.5. The lowest BCUT2D eigenvalue weighted by Crippen LogP contribution is -2.33. The van der Waals surface area contributed by atoms with Crippen molar-refractivity contribution >= 4 is 33.8 Å². The third-order valence-corrected chi connectivity index (χ3v) is 5.04. The van der Waals surface area contributed by atoms with E-state index in [0.29, 0.717) is 5.75 Å². The summed E-state index contributed by atoms with van der Waals surface area (Å²) < 4.78 is 42.7. The molecular weight excluding hydrogens is 504 g/mol. The Morgan fingerprint density at radius 2 is 2.03 bits per heavy atom. The van der Waals surface area contributed by atoms with Crippen LogP contribution in [0.15, 0.2) is 35.6 Å². The van der Waals surface area contributed by atoms with Gasteiger partial charge in [0, 0.05) is 18.4 Å². The highest BCUT2D eigenvalue weighted by atomic mass is 79.9. The van der Waals surface area contributed by atoms with Gasteiger partial charge in [0.2, 0.25) is 5.82 Å². The predicted molar refractivity (Wildman–Crippen MR) is 108 cm³/mol. The average Bonchev–Trinajstić information content (AvgIpc) is 3.27. The molecule has 0 aliphatic carbocycles. The topological polar surface area (TPSA) is 125 Å². The Balaban J connectivity index is 1.77. The average molecular weight is 520 g/mol. The van der Waals surface area contributed by atoms with E-state index in [4.69, 9.17) is 9.37 Å². The van der Waals surface area contributed by atoms with Gasteiger partial charge in [-0.1, -0.05) is 16.9 Å². The monoisotopic (exact) mass is 519 g/mol. The molecule has 1 N–H and O–H groups in total. The van der Waals surface area contributed by atoms with Crippen LogP contribution in [-0.4, -0.2) is 44.0 Å². The largest absolute Gasteiger partial charge is 0.446 e. The molecule has 3 rings (SSSR count). The number of nitrogens with one attached hydrogen (secondary N) is 1. The summed E-state index contributed by atoms with van der Waals surface area (Å²) in [5.74, 6) is -2.99. The van der Waals surface area contributed by atoms with Crippen LogP contribution in [-0.2, 0) is 4.74 Å². The number of carbonyl (C=O) groups excluding carboxylic acids is 1. The number of thioether (sulfide) groups is 1. The molecule has 14 heteroatoms. The third-order valence-electron chi connectivity index (χ3n) is 3.51. The molecule has 10 nitrogen and oxygen atoms in total. The summed E-state index contributed by atoms with van der Waals surface area (Å²) in [6.07, 6.45) is -0.569. The number of carbonyl (C=O) groups is 1. The minimum absolute atomic E-state index is 0.0439. The Kier molecular flexibility index (Phi) is 6.79. The van der Waals surface area contributed by atoms with Crippen molar-refractivity contribution in [1.82, 2.24) is 25.4 Å². The summed E-state index contributed by atoms with van der Waals surface area (Å²) in [5, 5.41) is 14.0. The van der Waals surface area contributed by atoms with Gasteiger partial charge in [-0.05, 0) is 53.1 Å². The lowest BCUT2D eigenvalue weighted by Gasteiger charge is -2.19. The molecule has 2 heterocycles. The minimum Gasteiger partial charge on any atom is -0.444 e. The minimum atomic E-state index is -1.18. The van der Waals surface area contributed by atoms with Crippen LogP contribution in [0.2, 0.25) is 0 Å². The fourth-order valence-corrected chi connectivity index (χ4v) is 3.50. The molecule has 31 heavy (non-hydrogen) atoms. The molecule has 0 saturated heterocycles. The van der Waals surface area contributed by atoms with Gasteiger partial charge in [-0.25, -0.2) is 27.6 Å². The van der Waals surface area contributed by atoms with E-state index in [1.807, 2.05) is 0 Å². The molecule has 0 spiro atoms. The van der Waals surface area contributed by atoms with Gasteiger partial charge in [-0.15, -0.1) is 0 Å². The Hall–Kier alpha value is -2.74. The Bertz CT molecular complexity index is 1130. The summed E-state index contributed by atoms with van der Waals surface area (Å²) in [4.78, 5) is 23.8. The van der Waals surface area contributed by atoms with E-state index in [1.165, 1.54) is 6.07 Å². The smallest absolute Gasteiger partial charge is 0.444 e. The SMILES string of the molecule is CC(C)(C)OC(=O)NCCSc1nonc1-c1noc(=O)n1-c1cc(F)c(F)c(Br)c1. The van der Waals surface area contributed by atoms with Crippen molar-refractivity contribution in [2.45, 2.75) is 31.4 Å². The van der Waals surface area contributed by atoms with Crippen LogP contribution in [0.25, 0.3) is 17.2 Å². The number of rotatable bonds is 6. The third kappa shape index (κ3) is 5.50. The number of hydrogen-bond donors (Lipinski definition) is 1. The van der Waals surface area contributed by atoms with Gasteiger partial charge < -0.3 is 10.1 Å². The van der Waals surface area contributed by atoms with Crippen LogP contribution in [0.5, 0.6) is 0 Å². The molecule has 3 aromatic rings. The molecule has 0 radical (unpaired) electrons. The van der Waals surface area contributed by atoms with Crippen LogP contribution >= 0.6 is 27.7 Å². The first-order valence-corrected chi connectivity index (χ1v) is 10.5. The highest BCUT2D eigenvalue weighted by molar-refractivity contribution is 9.10. The maximum atomic E-state index is 13.8. The number of amides is 1. The molecule has 0 aliphatic heterocycles. The Labute approximate surface area is 186 Å². The predicted octanol–water partition coefficient (Wildman–Crippen LogP) is 3.53. The summed E-state index contributed by atoms with van der Waals surface area (Å²) in [6, 6.07) is 2.00. The second-order valence-electron chi connectivity index (χ2n) is 7.03. The molecule has 0 unspecified atom stereocenters. The van der Waals surface area contributed by atoms with Crippen molar-refractivity contribution in [2.24, 2.45) is 0 Å². The number of aromatic nitrogens is 4. The zero-order chi connectivity index (χ0) is 22.8. The molecular formula is C17H16BrF2N5O5S. The highest BCUT2D eigenvalue weighted by Gasteiger charge is 2.24. The van der Waals surface area contributed by atoms with Crippen LogP contribution in [0.1, 0.15) is 20.8 Å². The van der Waals surface area contributed by atoms with E-state index in [0.717, 1.165) is 22.4 Å². The highest BCUT2D eigenvalue weighted by Crippen LogP contribution is 2.29. The molecule has 1 amide bonds. The second-order valence-corrected chi connectivity index (χ2v) is 8.96. The molecule has 0 bridgehead atoms. The van der Waals surface area contributed by atoms with Gasteiger partial charge in [0.1, 0.15) is 5.60 Å². The zero-order valence-electron chi connectivity index (χ0n) is 16.4. The Morgan fingerprint density at radius 1 is 1.29 bits per heavy atom. The molecule has 0 fully saturated rings. The maximum Gasteiger partial charge on any atom is 0.446 e. The van der Waals surface area contributed by atoms with Gasteiger partial charge in [0.05, 0.1) is 10.2 Å². The standard InChI is InChI=1S/C17H16BrF2N5O5S/c1-17(2,3)28-15(26)21-4-5-31-14-12(22-30-24-14)13-23-29-16(27)25(13)8-6-9(18)11(20)10(19)7-8/h6-7H,4-5H2,1-3H3,(H,21,26). The lowest BCUT2D eigenvalue weighted by molar-refractivity contribution is 0.0531. The fraction of sp³-hybridized carbons (Fsp3) is 0.353. The van der Waals surface area contributed by atoms with E-state index in [1.54, 1.807) is 20.8 Å². The first-order chi connectivity index (χ1) is 14.6. The molecule has 0 saturated carbocycles. The zero-order valence-corrected chi connectivity index (χ0v) is 18.8. The maximum absolute atomic E-state index is 13.8. The van der Waals surface area contributed by atoms with Crippen molar-refractivity contribution in [1.29, 1.82) is 0 Å². The van der Waals surface area contributed by atoms with Crippen LogP contribution < -0.4 is 11.1 Å². The number of ether oxygens (including phenoxy) is 1. The van der Waals surface area contributed by atoms with Crippen LogP contribution in [0, 0.1) is 11.6 Å². The van der Waals surface area contributed by atoms with Gasteiger partial charge in [-0.3, -0.25) is 4.52 Å². The fourth-order valence-electron chi connectivity index (χ4n) is 2.33. The summed E-state index contributed by atoms with van der Waals surface area (Å²) in [6.45, 7) is 5.49. The molecule has 0 aliphatic rings. The van der Waals surface area contributed by atoms with Gasteiger partial charge >= 0.3 is 11.8 Å². The number of hydrogen-bond acceptors (Lipinski definition) is 9. The van der Waals surface area contributed by atoms with Crippen molar-refractivity contribution in [3.8, 4) is 17.2 Å². The summed E-state index contributed by atoms with van der Waals surface area (Å²) in [7, 11) is 0. The number of alkyl carbamates (subject to hydrolysis) is 1. The number of halogens is 3. The quantitative estimate of drug-likeness (QED) is 0.295. The van der Waals surface area contributed by atoms with E-state index < -0.39 is 29.1 Å². The summed E-state index contributed by atoms with van der Waals surface area (Å²) >= 11 is 4.04. The Morgan fingerprint density at radius 3 is 2.71 bits per heavy atom. The molecule has 166 valence electrons. The van der Waals surface area contributed by atoms with E-state index >= 15 is 0 Å². The van der Waals surface area contributed by atoms with Crippen molar-refractivity contribution in [2.75, 3.05) is 12.3 Å². The van der Waals surface area contributed by atoms with E-state index in [9.17, 15) is 18.4 Å². The van der Waals surface area contributed by atoms with E-state index in [-0.39, 0.29) is 33.2 Å². The van der Waals surface area contributed by atoms with E-state index in [2.05, 4.69) is 41.2 Å². The first kappa shape index (κ1) is 22.9. The van der Waals surface area contributed by atoms with Crippen molar-refractivity contribution in [3.63, 3.8) is 0 Å². The van der Waals surface area contributed by atoms with Crippen molar-refractivity contribution < 1.29 is 27.5 Å². The second kappa shape index (κ2) is 9.18. The number of benzene rings is 1. The number of nitrogens with zero attached hydrogens (tertiary/aromatic N) is 4.